The molecule has 0 bridgehead atoms. The van der Waals surface area contributed by atoms with E-state index >= 15 is 0 Å². The highest BCUT2D eigenvalue weighted by atomic mass is 79.9. The summed E-state index contributed by atoms with van der Waals surface area (Å²) in [4.78, 5) is 12.4. The number of ether oxygens (including phenoxy) is 2. The largest absolute Gasteiger partial charge is 0.493 e. The van der Waals surface area contributed by atoms with Crippen molar-refractivity contribution < 1.29 is 14.3 Å². The van der Waals surface area contributed by atoms with Crippen LogP contribution in [-0.2, 0) is 0 Å². The Hall–Kier alpha value is -0.980. The van der Waals surface area contributed by atoms with Crippen molar-refractivity contribution in [2.24, 2.45) is 11.7 Å². The summed E-state index contributed by atoms with van der Waals surface area (Å²) < 4.78 is 11.7. The van der Waals surface area contributed by atoms with Gasteiger partial charge in [0.15, 0.2) is 11.5 Å². The van der Waals surface area contributed by atoms with E-state index in [1.54, 1.807) is 19.2 Å². The molecule has 1 amide bonds. The smallest absolute Gasteiger partial charge is 0.251 e. The van der Waals surface area contributed by atoms with Gasteiger partial charge >= 0.3 is 0 Å². The van der Waals surface area contributed by atoms with E-state index in [9.17, 15) is 4.79 Å². The van der Waals surface area contributed by atoms with Gasteiger partial charge in [0.1, 0.15) is 0 Å². The summed E-state index contributed by atoms with van der Waals surface area (Å²) >= 11 is 3.45. The van der Waals surface area contributed by atoms with Crippen LogP contribution in [0.4, 0.5) is 0 Å². The molecule has 0 saturated heterocycles. The highest BCUT2D eigenvalue weighted by Crippen LogP contribution is 2.37. The topological polar surface area (TPSA) is 73.6 Å². The molecule has 0 heterocycles. The molecule has 1 unspecified atom stereocenters. The van der Waals surface area contributed by atoms with Gasteiger partial charge in [-0.25, -0.2) is 0 Å². The number of benzene rings is 1. The van der Waals surface area contributed by atoms with Crippen LogP contribution in [0.3, 0.4) is 0 Å². The van der Waals surface area contributed by atoms with Crippen LogP contribution in [-0.4, -0.2) is 32.2 Å². The number of carbonyl (C=O) groups excluding carboxylic acids is 1. The summed E-state index contributed by atoms with van der Waals surface area (Å²) in [6, 6.07) is 3.50. The van der Waals surface area contributed by atoms with Crippen LogP contribution >= 0.6 is 28.3 Å². The van der Waals surface area contributed by atoms with Gasteiger partial charge in [-0.1, -0.05) is 6.92 Å². The van der Waals surface area contributed by atoms with Crippen LogP contribution in [0.25, 0.3) is 0 Å². The zero-order valence-corrected chi connectivity index (χ0v) is 15.8. The molecule has 5 nitrogen and oxygen atoms in total. The predicted molar refractivity (Wildman–Crippen MR) is 96.8 cm³/mol. The second kappa shape index (κ2) is 9.35. The summed E-state index contributed by atoms with van der Waals surface area (Å²) in [5.74, 6) is 1.55. The molecule has 1 fully saturated rings. The minimum Gasteiger partial charge on any atom is -0.493 e. The molecule has 1 aliphatic carbocycles. The number of rotatable bonds is 8. The number of methoxy groups -OCH3 is 1. The van der Waals surface area contributed by atoms with Crippen LogP contribution in [0, 0.1) is 5.92 Å². The van der Waals surface area contributed by atoms with Crippen LogP contribution in [0.5, 0.6) is 11.5 Å². The fourth-order valence-corrected chi connectivity index (χ4v) is 2.87. The molecule has 3 N–H and O–H groups in total. The zero-order chi connectivity index (χ0) is 16.1. The summed E-state index contributed by atoms with van der Waals surface area (Å²) in [5.41, 5.74) is 6.27. The van der Waals surface area contributed by atoms with Crippen molar-refractivity contribution in [3.63, 3.8) is 0 Å². The van der Waals surface area contributed by atoms with Crippen LogP contribution < -0.4 is 20.5 Å². The molecule has 0 aliphatic heterocycles. The maximum Gasteiger partial charge on any atom is 0.251 e. The third-order valence-corrected chi connectivity index (χ3v) is 4.29. The number of halogens is 2. The fourth-order valence-electron chi connectivity index (χ4n) is 2.31. The van der Waals surface area contributed by atoms with Crippen LogP contribution in [0.1, 0.15) is 36.5 Å². The average Bonchev–Trinajstić information content (AvgIpc) is 3.35. The highest BCUT2D eigenvalue weighted by Gasteiger charge is 2.31. The molecule has 2 rings (SSSR count). The second-order valence-corrected chi connectivity index (χ2v) is 6.35. The van der Waals surface area contributed by atoms with E-state index in [-0.39, 0.29) is 24.4 Å². The van der Waals surface area contributed by atoms with Crippen molar-refractivity contribution in [3.05, 3.63) is 22.2 Å². The third-order valence-electron chi connectivity index (χ3n) is 3.70. The highest BCUT2D eigenvalue weighted by molar-refractivity contribution is 9.10. The van der Waals surface area contributed by atoms with Crippen LogP contribution in [0.15, 0.2) is 16.6 Å². The molecule has 1 aromatic rings. The maximum atomic E-state index is 12.4. The molecule has 0 spiro atoms. The van der Waals surface area contributed by atoms with Crippen molar-refractivity contribution in [2.75, 3.05) is 20.3 Å². The molecule has 1 aromatic carbocycles. The second-order valence-electron chi connectivity index (χ2n) is 5.49. The number of amides is 1. The Bertz CT molecular complexity index is 538. The summed E-state index contributed by atoms with van der Waals surface area (Å²) in [6.07, 6.45) is 3.18. The van der Waals surface area contributed by atoms with E-state index in [0.29, 0.717) is 40.6 Å². The Morgan fingerprint density at radius 1 is 1.48 bits per heavy atom. The SMILES string of the molecule is CCCOc1c(Br)cc(C(=O)NC(CN)C2CC2)cc1OC.Cl. The monoisotopic (exact) mass is 406 g/mol. The van der Waals surface area contributed by atoms with Gasteiger partial charge < -0.3 is 20.5 Å². The first-order valence-corrected chi connectivity index (χ1v) is 8.41. The standard InChI is InChI=1S/C16H23BrN2O3.ClH/c1-3-6-22-15-12(17)7-11(8-14(15)21-2)16(20)19-13(9-18)10-4-5-10;/h7-8,10,13H,3-6,9,18H2,1-2H3,(H,19,20);1H. The van der Waals surface area contributed by atoms with E-state index in [0.717, 1.165) is 19.3 Å². The minimum absolute atomic E-state index is 0. The lowest BCUT2D eigenvalue weighted by molar-refractivity contribution is 0.0933. The summed E-state index contributed by atoms with van der Waals surface area (Å²) in [6.45, 7) is 3.09. The molecule has 0 radical (unpaired) electrons. The molecular formula is C16H24BrClN2O3. The van der Waals surface area contributed by atoms with Gasteiger partial charge in [0.2, 0.25) is 0 Å². The quantitative estimate of drug-likeness (QED) is 0.694. The summed E-state index contributed by atoms with van der Waals surface area (Å²) in [5, 5.41) is 3.00. The van der Waals surface area contributed by atoms with Gasteiger partial charge in [-0.15, -0.1) is 12.4 Å². The number of hydrogen-bond acceptors (Lipinski definition) is 4. The van der Waals surface area contributed by atoms with Crippen molar-refractivity contribution in [1.82, 2.24) is 5.32 Å². The molecule has 130 valence electrons. The Morgan fingerprint density at radius 3 is 2.70 bits per heavy atom. The number of carbonyl (C=O) groups is 1. The lowest BCUT2D eigenvalue weighted by Gasteiger charge is -2.18. The Morgan fingerprint density at radius 2 is 2.17 bits per heavy atom. The van der Waals surface area contributed by atoms with E-state index < -0.39 is 0 Å². The lowest BCUT2D eigenvalue weighted by atomic mass is 10.1. The van der Waals surface area contributed by atoms with Crippen molar-refractivity contribution >= 4 is 34.2 Å². The Labute approximate surface area is 151 Å². The van der Waals surface area contributed by atoms with Crippen LogP contribution in [0.2, 0.25) is 0 Å². The number of nitrogens with two attached hydrogens (primary N) is 1. The third kappa shape index (κ3) is 5.26. The molecule has 0 aromatic heterocycles. The van der Waals surface area contributed by atoms with E-state index in [2.05, 4.69) is 21.2 Å². The molecular weight excluding hydrogens is 384 g/mol. The molecule has 7 heteroatoms. The first-order chi connectivity index (χ1) is 10.6. The molecule has 23 heavy (non-hydrogen) atoms. The lowest BCUT2D eigenvalue weighted by Crippen LogP contribution is -2.41. The van der Waals surface area contributed by atoms with Gasteiger partial charge in [-0.3, -0.25) is 4.79 Å². The first-order valence-electron chi connectivity index (χ1n) is 7.62. The van der Waals surface area contributed by atoms with Gasteiger partial charge in [0.05, 0.1) is 18.2 Å². The van der Waals surface area contributed by atoms with Gasteiger partial charge in [0.25, 0.3) is 5.91 Å². The molecule has 1 atom stereocenters. The first kappa shape index (κ1) is 20.1. The Kier molecular flexibility index (Phi) is 8.16. The Balaban J connectivity index is 0.00000264. The zero-order valence-electron chi connectivity index (χ0n) is 13.4. The van der Waals surface area contributed by atoms with Gasteiger partial charge in [-0.2, -0.15) is 0 Å². The maximum absolute atomic E-state index is 12.4. The number of nitrogens with one attached hydrogen (secondary N) is 1. The fraction of sp³-hybridized carbons (Fsp3) is 0.562. The predicted octanol–water partition coefficient (Wildman–Crippen LogP) is 3.14. The van der Waals surface area contributed by atoms with Crippen molar-refractivity contribution in [3.8, 4) is 11.5 Å². The van der Waals surface area contributed by atoms with E-state index in [4.69, 9.17) is 15.2 Å². The van der Waals surface area contributed by atoms with Crippen molar-refractivity contribution in [2.45, 2.75) is 32.2 Å². The van der Waals surface area contributed by atoms with Gasteiger partial charge in [0, 0.05) is 18.2 Å². The number of hydrogen-bond donors (Lipinski definition) is 2. The molecule has 1 saturated carbocycles. The average molecular weight is 408 g/mol. The van der Waals surface area contributed by atoms with E-state index in [1.807, 2.05) is 6.92 Å². The minimum atomic E-state index is -0.136. The van der Waals surface area contributed by atoms with Gasteiger partial charge in [-0.05, 0) is 53.2 Å². The van der Waals surface area contributed by atoms with Crippen molar-refractivity contribution in [1.29, 1.82) is 0 Å². The summed E-state index contributed by atoms with van der Waals surface area (Å²) in [7, 11) is 1.56. The molecule has 1 aliphatic rings. The normalized spacial score (nSPS) is 14.6. The van der Waals surface area contributed by atoms with E-state index in [1.165, 1.54) is 0 Å².